The van der Waals surface area contributed by atoms with E-state index in [4.69, 9.17) is 5.11 Å². The maximum Gasteiger partial charge on any atom is 0.247 e. The SMILES string of the molecule is CC(O)CCCNc1nnnn1-c1ccccc1. The van der Waals surface area contributed by atoms with E-state index in [0.717, 1.165) is 25.1 Å². The zero-order chi connectivity index (χ0) is 12.8. The number of aromatic nitrogens is 4. The molecule has 0 aliphatic rings. The second-order valence-electron chi connectivity index (χ2n) is 4.17. The predicted octanol–water partition coefficient (Wildman–Crippen LogP) is 1.24. The summed E-state index contributed by atoms with van der Waals surface area (Å²) in [6.07, 6.45) is 1.37. The number of rotatable bonds is 6. The molecule has 96 valence electrons. The van der Waals surface area contributed by atoms with E-state index >= 15 is 0 Å². The summed E-state index contributed by atoms with van der Waals surface area (Å²) in [5, 5.41) is 23.9. The highest BCUT2D eigenvalue weighted by atomic mass is 16.3. The fraction of sp³-hybridized carbons (Fsp3) is 0.417. The van der Waals surface area contributed by atoms with Gasteiger partial charge in [-0.3, -0.25) is 0 Å². The molecule has 1 heterocycles. The molecule has 0 fully saturated rings. The van der Waals surface area contributed by atoms with Crippen molar-refractivity contribution < 1.29 is 5.11 Å². The lowest BCUT2D eigenvalue weighted by Crippen LogP contribution is -2.10. The van der Waals surface area contributed by atoms with Gasteiger partial charge in [-0.25, -0.2) is 0 Å². The number of tetrazole rings is 1. The molecule has 2 rings (SSSR count). The van der Waals surface area contributed by atoms with Crippen molar-refractivity contribution in [2.75, 3.05) is 11.9 Å². The van der Waals surface area contributed by atoms with Crippen molar-refractivity contribution in [1.82, 2.24) is 20.2 Å². The van der Waals surface area contributed by atoms with E-state index < -0.39 is 0 Å². The summed E-state index contributed by atoms with van der Waals surface area (Å²) in [6, 6.07) is 9.71. The van der Waals surface area contributed by atoms with Crippen LogP contribution in [-0.4, -0.2) is 38.0 Å². The Kier molecular flexibility index (Phi) is 4.25. The Balaban J connectivity index is 1.96. The van der Waals surface area contributed by atoms with Gasteiger partial charge in [0.15, 0.2) is 0 Å². The van der Waals surface area contributed by atoms with E-state index in [1.54, 1.807) is 11.6 Å². The van der Waals surface area contributed by atoms with Gasteiger partial charge in [-0.1, -0.05) is 23.3 Å². The second-order valence-corrected chi connectivity index (χ2v) is 4.17. The summed E-state index contributed by atoms with van der Waals surface area (Å²) in [6.45, 7) is 2.52. The third kappa shape index (κ3) is 3.27. The highest BCUT2D eigenvalue weighted by Crippen LogP contribution is 2.10. The van der Waals surface area contributed by atoms with Gasteiger partial charge in [0.25, 0.3) is 0 Å². The topological polar surface area (TPSA) is 75.9 Å². The number of hydrogen-bond donors (Lipinski definition) is 2. The molecule has 0 saturated heterocycles. The lowest BCUT2D eigenvalue weighted by molar-refractivity contribution is 0.183. The number of para-hydroxylation sites is 1. The Morgan fingerprint density at radius 3 is 2.83 bits per heavy atom. The summed E-state index contributed by atoms with van der Waals surface area (Å²) < 4.78 is 1.66. The third-order valence-electron chi connectivity index (χ3n) is 2.55. The quantitative estimate of drug-likeness (QED) is 0.751. The molecule has 0 aliphatic heterocycles. The highest BCUT2D eigenvalue weighted by molar-refractivity contribution is 5.38. The van der Waals surface area contributed by atoms with Gasteiger partial charge in [0.2, 0.25) is 5.95 Å². The van der Waals surface area contributed by atoms with Crippen molar-refractivity contribution in [3.63, 3.8) is 0 Å². The molecule has 0 bridgehead atoms. The van der Waals surface area contributed by atoms with Crippen LogP contribution in [0.3, 0.4) is 0 Å². The number of benzene rings is 1. The van der Waals surface area contributed by atoms with Crippen LogP contribution >= 0.6 is 0 Å². The van der Waals surface area contributed by atoms with Gasteiger partial charge in [0, 0.05) is 6.54 Å². The largest absolute Gasteiger partial charge is 0.393 e. The molecule has 0 saturated carbocycles. The molecule has 0 amide bonds. The Hall–Kier alpha value is -1.95. The van der Waals surface area contributed by atoms with Crippen LogP contribution in [0.1, 0.15) is 19.8 Å². The predicted molar refractivity (Wildman–Crippen MR) is 68.6 cm³/mol. The molecule has 2 N–H and O–H groups in total. The van der Waals surface area contributed by atoms with Crippen LogP contribution in [-0.2, 0) is 0 Å². The number of nitrogens with zero attached hydrogens (tertiary/aromatic N) is 4. The minimum absolute atomic E-state index is 0.267. The molecule has 0 radical (unpaired) electrons. The van der Waals surface area contributed by atoms with Crippen LogP contribution in [0.2, 0.25) is 0 Å². The average Bonchev–Trinajstić information content (AvgIpc) is 2.84. The number of hydrogen-bond acceptors (Lipinski definition) is 5. The number of aliphatic hydroxyl groups excluding tert-OH is 1. The van der Waals surface area contributed by atoms with Crippen molar-refractivity contribution in [2.24, 2.45) is 0 Å². The van der Waals surface area contributed by atoms with E-state index in [-0.39, 0.29) is 6.10 Å². The molecule has 2 aromatic rings. The van der Waals surface area contributed by atoms with Gasteiger partial charge in [-0.2, -0.15) is 4.68 Å². The summed E-state index contributed by atoms with van der Waals surface area (Å²) in [4.78, 5) is 0. The molecular formula is C12H17N5O. The van der Waals surface area contributed by atoms with Crippen LogP contribution in [0.25, 0.3) is 5.69 Å². The lowest BCUT2D eigenvalue weighted by atomic mass is 10.2. The lowest BCUT2D eigenvalue weighted by Gasteiger charge is -2.07. The molecule has 18 heavy (non-hydrogen) atoms. The maximum atomic E-state index is 9.17. The van der Waals surface area contributed by atoms with Crippen molar-refractivity contribution >= 4 is 5.95 Å². The maximum absolute atomic E-state index is 9.17. The van der Waals surface area contributed by atoms with E-state index in [9.17, 15) is 0 Å². The zero-order valence-corrected chi connectivity index (χ0v) is 10.3. The highest BCUT2D eigenvalue weighted by Gasteiger charge is 2.06. The molecule has 6 nitrogen and oxygen atoms in total. The Bertz CT molecular complexity index is 468. The molecule has 6 heteroatoms. The van der Waals surface area contributed by atoms with E-state index in [1.165, 1.54) is 0 Å². The van der Waals surface area contributed by atoms with Crippen molar-refractivity contribution in [1.29, 1.82) is 0 Å². The second kappa shape index (κ2) is 6.11. The first kappa shape index (κ1) is 12.5. The molecule has 1 aromatic carbocycles. The van der Waals surface area contributed by atoms with Crippen LogP contribution in [0.5, 0.6) is 0 Å². The summed E-state index contributed by atoms with van der Waals surface area (Å²) >= 11 is 0. The van der Waals surface area contributed by atoms with Crippen LogP contribution in [0.4, 0.5) is 5.95 Å². The van der Waals surface area contributed by atoms with Gasteiger partial charge < -0.3 is 10.4 Å². The van der Waals surface area contributed by atoms with Gasteiger partial charge >= 0.3 is 0 Å². The van der Waals surface area contributed by atoms with Crippen LogP contribution in [0, 0.1) is 0 Å². The summed E-state index contributed by atoms with van der Waals surface area (Å²) in [7, 11) is 0. The van der Waals surface area contributed by atoms with Crippen molar-refractivity contribution in [3.05, 3.63) is 30.3 Å². The Morgan fingerprint density at radius 1 is 1.33 bits per heavy atom. The Morgan fingerprint density at radius 2 is 2.11 bits per heavy atom. The first-order valence-corrected chi connectivity index (χ1v) is 6.03. The van der Waals surface area contributed by atoms with Crippen LogP contribution < -0.4 is 5.32 Å². The number of nitrogens with one attached hydrogen (secondary N) is 1. The summed E-state index contributed by atoms with van der Waals surface area (Å²) in [5.74, 6) is 0.617. The van der Waals surface area contributed by atoms with Gasteiger partial charge in [0.05, 0.1) is 11.8 Å². The smallest absolute Gasteiger partial charge is 0.247 e. The standard InChI is InChI=1S/C12H17N5O/c1-10(18)6-5-9-13-12-14-15-16-17(12)11-7-3-2-4-8-11/h2-4,7-8,10,18H,5-6,9H2,1H3,(H,13,14,16). The average molecular weight is 247 g/mol. The number of aliphatic hydroxyl groups is 1. The normalized spacial score (nSPS) is 12.3. The zero-order valence-electron chi connectivity index (χ0n) is 10.3. The molecular weight excluding hydrogens is 230 g/mol. The van der Waals surface area contributed by atoms with Gasteiger partial charge in [-0.15, -0.1) is 0 Å². The van der Waals surface area contributed by atoms with E-state index in [1.807, 2.05) is 30.3 Å². The third-order valence-corrected chi connectivity index (χ3v) is 2.55. The van der Waals surface area contributed by atoms with Crippen molar-refractivity contribution in [3.8, 4) is 5.69 Å². The van der Waals surface area contributed by atoms with Crippen LogP contribution in [0.15, 0.2) is 30.3 Å². The monoisotopic (exact) mass is 247 g/mol. The number of anilines is 1. The van der Waals surface area contributed by atoms with E-state index in [2.05, 4.69) is 20.8 Å². The molecule has 1 aromatic heterocycles. The Labute approximate surface area is 106 Å². The first-order chi connectivity index (χ1) is 8.77. The molecule has 0 spiro atoms. The van der Waals surface area contributed by atoms with Gasteiger partial charge in [0.1, 0.15) is 0 Å². The molecule has 1 atom stereocenters. The molecule has 0 aliphatic carbocycles. The fourth-order valence-corrected chi connectivity index (χ4v) is 1.64. The summed E-state index contributed by atoms with van der Waals surface area (Å²) in [5.41, 5.74) is 0.917. The first-order valence-electron chi connectivity index (χ1n) is 6.03. The minimum Gasteiger partial charge on any atom is -0.393 e. The minimum atomic E-state index is -0.267. The van der Waals surface area contributed by atoms with Gasteiger partial charge in [-0.05, 0) is 42.3 Å². The van der Waals surface area contributed by atoms with Crippen molar-refractivity contribution in [2.45, 2.75) is 25.9 Å². The molecule has 1 unspecified atom stereocenters. The fourth-order valence-electron chi connectivity index (χ4n) is 1.64. The van der Waals surface area contributed by atoms with E-state index in [0.29, 0.717) is 5.95 Å².